The van der Waals surface area contributed by atoms with Gasteiger partial charge in [0.25, 0.3) is 0 Å². The lowest BCUT2D eigenvalue weighted by atomic mass is 9.97. The van der Waals surface area contributed by atoms with E-state index in [0.717, 1.165) is 25.8 Å². The van der Waals surface area contributed by atoms with Crippen molar-refractivity contribution in [3.05, 3.63) is 29.6 Å². The number of nitrogens with two attached hydrogens (primary N) is 1. The van der Waals surface area contributed by atoms with Crippen LogP contribution >= 0.6 is 0 Å². The van der Waals surface area contributed by atoms with E-state index < -0.39 is 0 Å². The Morgan fingerprint density at radius 1 is 1.52 bits per heavy atom. The summed E-state index contributed by atoms with van der Waals surface area (Å²) in [7, 11) is 0. The first-order valence-corrected chi connectivity index (χ1v) is 7.53. The van der Waals surface area contributed by atoms with Crippen molar-refractivity contribution in [2.45, 2.75) is 45.2 Å². The van der Waals surface area contributed by atoms with Crippen molar-refractivity contribution < 1.29 is 9.18 Å². The number of carbonyl (C=O) groups is 1. The lowest BCUT2D eigenvalue weighted by Crippen LogP contribution is -2.51. The number of anilines is 1. The van der Waals surface area contributed by atoms with E-state index in [1.165, 1.54) is 6.07 Å². The summed E-state index contributed by atoms with van der Waals surface area (Å²) in [5.41, 5.74) is 7.07. The number of amides is 1. The van der Waals surface area contributed by atoms with Gasteiger partial charge in [-0.1, -0.05) is 12.5 Å². The summed E-state index contributed by atoms with van der Waals surface area (Å²) in [4.78, 5) is 14.3. The molecule has 0 aliphatic carbocycles. The molecule has 0 bridgehead atoms. The summed E-state index contributed by atoms with van der Waals surface area (Å²) < 4.78 is 13.5. The highest BCUT2D eigenvalue weighted by atomic mass is 19.1. The van der Waals surface area contributed by atoms with Gasteiger partial charge in [0, 0.05) is 17.8 Å². The Labute approximate surface area is 125 Å². The summed E-state index contributed by atoms with van der Waals surface area (Å²) in [6, 6.07) is 5.03. The van der Waals surface area contributed by atoms with Crippen LogP contribution in [0.25, 0.3) is 0 Å². The van der Waals surface area contributed by atoms with Crippen LogP contribution in [0.3, 0.4) is 0 Å². The van der Waals surface area contributed by atoms with E-state index in [2.05, 4.69) is 10.2 Å². The molecule has 1 aliphatic rings. The third-order valence-corrected chi connectivity index (χ3v) is 4.07. The highest BCUT2D eigenvalue weighted by Gasteiger charge is 2.26. The molecular weight excluding hydrogens is 269 g/mol. The fraction of sp³-hybridized carbons (Fsp3) is 0.562. The van der Waals surface area contributed by atoms with Crippen molar-refractivity contribution in [1.82, 2.24) is 4.90 Å². The van der Waals surface area contributed by atoms with Crippen LogP contribution < -0.4 is 11.1 Å². The summed E-state index contributed by atoms with van der Waals surface area (Å²) >= 11 is 0. The van der Waals surface area contributed by atoms with Gasteiger partial charge in [0.15, 0.2) is 0 Å². The first-order valence-electron chi connectivity index (χ1n) is 7.53. The molecule has 2 rings (SSSR count). The van der Waals surface area contributed by atoms with Gasteiger partial charge in [0.2, 0.25) is 5.91 Å². The maximum absolute atomic E-state index is 13.5. The number of nitrogens with one attached hydrogen (secondary N) is 1. The monoisotopic (exact) mass is 293 g/mol. The van der Waals surface area contributed by atoms with Gasteiger partial charge >= 0.3 is 0 Å². The van der Waals surface area contributed by atoms with Gasteiger partial charge in [0.1, 0.15) is 5.82 Å². The molecule has 1 amide bonds. The molecule has 0 radical (unpaired) electrons. The Bertz CT molecular complexity index is 504. The fourth-order valence-electron chi connectivity index (χ4n) is 2.86. The third kappa shape index (κ3) is 4.25. The predicted molar refractivity (Wildman–Crippen MR) is 82.6 cm³/mol. The largest absolute Gasteiger partial charge is 0.327 e. The van der Waals surface area contributed by atoms with E-state index in [9.17, 15) is 9.18 Å². The molecular formula is C16H24FN3O. The number of hydrogen-bond donors (Lipinski definition) is 2. The molecule has 3 N–H and O–H groups in total. The highest BCUT2D eigenvalue weighted by Crippen LogP contribution is 2.19. The fourth-order valence-corrected chi connectivity index (χ4v) is 2.86. The Morgan fingerprint density at radius 3 is 2.95 bits per heavy atom. The lowest BCUT2D eigenvalue weighted by Gasteiger charge is -2.37. The average molecular weight is 293 g/mol. The Morgan fingerprint density at radius 2 is 2.29 bits per heavy atom. The Kier molecular flexibility index (Phi) is 5.31. The molecule has 21 heavy (non-hydrogen) atoms. The standard InChI is InChI=1S/C16H24FN3O/c1-11-6-7-13(9-14(11)17)19-16(21)10-20-8-4-3-5-15(20)12(2)18/h6-7,9,12,15H,3-5,8,10,18H2,1-2H3,(H,19,21). The van der Waals surface area contributed by atoms with Gasteiger partial charge in [-0.2, -0.15) is 0 Å². The van der Waals surface area contributed by atoms with Gasteiger partial charge in [-0.15, -0.1) is 0 Å². The van der Waals surface area contributed by atoms with Gasteiger partial charge in [-0.25, -0.2) is 4.39 Å². The van der Waals surface area contributed by atoms with Gasteiger partial charge in [0.05, 0.1) is 6.54 Å². The molecule has 1 fully saturated rings. The first-order chi connectivity index (χ1) is 9.97. The first kappa shape index (κ1) is 15.9. The molecule has 1 saturated heterocycles. The van der Waals surface area contributed by atoms with E-state index in [1.54, 1.807) is 19.1 Å². The average Bonchev–Trinajstić information content (AvgIpc) is 2.43. The predicted octanol–water partition coefficient (Wildman–Crippen LogP) is 2.27. The highest BCUT2D eigenvalue weighted by molar-refractivity contribution is 5.92. The molecule has 0 aromatic heterocycles. The maximum Gasteiger partial charge on any atom is 0.238 e. The molecule has 1 aliphatic heterocycles. The van der Waals surface area contributed by atoms with Gasteiger partial charge in [-0.05, 0) is 50.9 Å². The van der Waals surface area contributed by atoms with Gasteiger partial charge < -0.3 is 11.1 Å². The number of rotatable bonds is 4. The molecule has 1 aromatic rings. The van der Waals surface area contributed by atoms with Crippen molar-refractivity contribution in [3.8, 4) is 0 Å². The Hall–Kier alpha value is -1.46. The van der Waals surface area contributed by atoms with Crippen molar-refractivity contribution in [2.24, 2.45) is 5.73 Å². The number of carbonyl (C=O) groups excluding carboxylic acids is 1. The van der Waals surface area contributed by atoms with Crippen LogP contribution in [0, 0.1) is 12.7 Å². The molecule has 1 aromatic carbocycles. The van der Waals surface area contributed by atoms with E-state index in [-0.39, 0.29) is 23.8 Å². The molecule has 2 unspecified atom stereocenters. The van der Waals surface area contributed by atoms with Crippen LogP contribution in [0.5, 0.6) is 0 Å². The van der Waals surface area contributed by atoms with Crippen molar-refractivity contribution in [3.63, 3.8) is 0 Å². The third-order valence-electron chi connectivity index (χ3n) is 4.07. The number of hydrogen-bond acceptors (Lipinski definition) is 3. The lowest BCUT2D eigenvalue weighted by molar-refractivity contribution is -0.118. The van der Waals surface area contributed by atoms with Crippen LogP contribution in [0.4, 0.5) is 10.1 Å². The molecule has 5 heteroatoms. The molecule has 4 nitrogen and oxygen atoms in total. The molecule has 1 heterocycles. The SMILES string of the molecule is Cc1ccc(NC(=O)CN2CCCCC2C(C)N)cc1F. The van der Waals surface area contributed by atoms with E-state index >= 15 is 0 Å². The zero-order valence-electron chi connectivity index (χ0n) is 12.7. The second kappa shape index (κ2) is 7.00. The minimum Gasteiger partial charge on any atom is -0.327 e. The molecule has 116 valence electrons. The number of piperidine rings is 1. The summed E-state index contributed by atoms with van der Waals surface area (Å²) in [5.74, 6) is -0.426. The van der Waals surface area contributed by atoms with Crippen molar-refractivity contribution in [2.75, 3.05) is 18.4 Å². The van der Waals surface area contributed by atoms with Crippen molar-refractivity contribution >= 4 is 11.6 Å². The number of nitrogens with zero attached hydrogens (tertiary/aromatic N) is 1. The zero-order valence-corrected chi connectivity index (χ0v) is 12.7. The second-order valence-corrected chi connectivity index (χ2v) is 5.90. The molecule has 0 saturated carbocycles. The van der Waals surface area contributed by atoms with E-state index in [1.807, 2.05) is 6.92 Å². The number of benzene rings is 1. The number of aryl methyl sites for hydroxylation is 1. The van der Waals surface area contributed by atoms with Crippen LogP contribution in [0.2, 0.25) is 0 Å². The van der Waals surface area contributed by atoms with E-state index in [0.29, 0.717) is 17.8 Å². The molecule has 2 atom stereocenters. The maximum atomic E-state index is 13.5. The quantitative estimate of drug-likeness (QED) is 0.895. The second-order valence-electron chi connectivity index (χ2n) is 5.90. The minimum absolute atomic E-state index is 0.0509. The summed E-state index contributed by atoms with van der Waals surface area (Å²) in [6.07, 6.45) is 3.28. The van der Waals surface area contributed by atoms with Crippen molar-refractivity contribution in [1.29, 1.82) is 0 Å². The van der Waals surface area contributed by atoms with Crippen LogP contribution in [0.1, 0.15) is 31.7 Å². The van der Waals surface area contributed by atoms with Crippen LogP contribution in [-0.4, -0.2) is 36.0 Å². The van der Waals surface area contributed by atoms with Crippen LogP contribution in [-0.2, 0) is 4.79 Å². The smallest absolute Gasteiger partial charge is 0.238 e. The minimum atomic E-state index is -0.306. The zero-order chi connectivity index (χ0) is 15.4. The van der Waals surface area contributed by atoms with E-state index in [4.69, 9.17) is 5.73 Å². The normalized spacial score (nSPS) is 21.0. The van der Waals surface area contributed by atoms with Crippen LogP contribution in [0.15, 0.2) is 18.2 Å². The topological polar surface area (TPSA) is 58.4 Å². The number of likely N-dealkylation sites (tertiary alicyclic amines) is 1. The summed E-state index contributed by atoms with van der Waals surface area (Å²) in [6.45, 7) is 4.88. The number of halogens is 1. The van der Waals surface area contributed by atoms with Gasteiger partial charge in [-0.3, -0.25) is 9.69 Å². The molecule has 0 spiro atoms. The Balaban J connectivity index is 1.95. The summed E-state index contributed by atoms with van der Waals surface area (Å²) in [5, 5.41) is 2.76.